The third-order valence-corrected chi connectivity index (χ3v) is 3.46. The summed E-state index contributed by atoms with van der Waals surface area (Å²) in [6.45, 7) is 0. The summed E-state index contributed by atoms with van der Waals surface area (Å²) in [6, 6.07) is 14.2. The molecular formula is C14H10ClNS. The van der Waals surface area contributed by atoms with Gasteiger partial charge in [0.25, 0.3) is 0 Å². The Morgan fingerprint density at radius 3 is 2.65 bits per heavy atom. The van der Waals surface area contributed by atoms with Gasteiger partial charge in [0.15, 0.2) is 0 Å². The second-order valence-corrected chi connectivity index (χ2v) is 4.98. The molecule has 2 aromatic carbocycles. The Morgan fingerprint density at radius 2 is 1.88 bits per heavy atom. The van der Waals surface area contributed by atoms with Crippen LogP contribution in [0.25, 0.3) is 11.1 Å². The van der Waals surface area contributed by atoms with Crippen molar-refractivity contribution in [3.8, 4) is 11.1 Å². The fourth-order valence-electron chi connectivity index (χ4n) is 2.09. The van der Waals surface area contributed by atoms with Crippen molar-refractivity contribution in [2.75, 3.05) is 5.32 Å². The Balaban J connectivity index is 2.14. The monoisotopic (exact) mass is 259 g/mol. The van der Waals surface area contributed by atoms with Crippen LogP contribution in [0.4, 0.5) is 5.69 Å². The second kappa shape index (κ2) is 4.13. The van der Waals surface area contributed by atoms with Crippen LogP contribution in [0.2, 0.25) is 5.02 Å². The standard InChI is InChI=1S/C14H10ClNS/c15-12-8-13-10(7-14(17)16-13)6-11(12)9-4-2-1-3-5-9/h1-6,8H,7H2,(H,16,17). The molecule has 3 heteroatoms. The highest BCUT2D eigenvalue weighted by molar-refractivity contribution is 7.80. The fourth-order valence-corrected chi connectivity index (χ4v) is 2.63. The number of nitrogens with one attached hydrogen (secondary N) is 1. The van der Waals surface area contributed by atoms with E-state index >= 15 is 0 Å². The molecule has 1 nitrogen and oxygen atoms in total. The van der Waals surface area contributed by atoms with Crippen LogP contribution in [0.3, 0.4) is 0 Å². The summed E-state index contributed by atoms with van der Waals surface area (Å²) in [5, 5.41) is 3.92. The van der Waals surface area contributed by atoms with Gasteiger partial charge in [-0.1, -0.05) is 54.2 Å². The molecule has 0 atom stereocenters. The maximum Gasteiger partial charge on any atom is 0.0842 e. The number of hydrogen-bond acceptors (Lipinski definition) is 1. The van der Waals surface area contributed by atoms with Crippen LogP contribution in [0, 0.1) is 0 Å². The number of hydrogen-bond donors (Lipinski definition) is 1. The van der Waals surface area contributed by atoms with Crippen LogP contribution >= 0.6 is 23.8 Å². The van der Waals surface area contributed by atoms with Gasteiger partial charge in [-0.25, -0.2) is 0 Å². The molecule has 0 spiro atoms. The van der Waals surface area contributed by atoms with Gasteiger partial charge in [-0.3, -0.25) is 0 Å². The summed E-state index contributed by atoms with van der Waals surface area (Å²) in [5.41, 5.74) is 4.47. The van der Waals surface area contributed by atoms with E-state index in [-0.39, 0.29) is 0 Å². The Labute approximate surface area is 110 Å². The lowest BCUT2D eigenvalue weighted by Crippen LogP contribution is -2.00. The lowest BCUT2D eigenvalue weighted by atomic mass is 10.0. The first kappa shape index (κ1) is 10.8. The molecule has 17 heavy (non-hydrogen) atoms. The molecule has 0 radical (unpaired) electrons. The maximum absolute atomic E-state index is 6.31. The first-order chi connectivity index (χ1) is 8.24. The van der Waals surface area contributed by atoms with Crippen LogP contribution in [0.15, 0.2) is 42.5 Å². The molecule has 1 aliphatic heterocycles. The summed E-state index contributed by atoms with van der Waals surface area (Å²) in [5.74, 6) is 0. The number of rotatable bonds is 1. The molecule has 1 aliphatic rings. The lowest BCUT2D eigenvalue weighted by molar-refractivity contribution is 1.42. The van der Waals surface area contributed by atoms with Crippen molar-refractivity contribution < 1.29 is 0 Å². The van der Waals surface area contributed by atoms with Crippen LogP contribution in [0.1, 0.15) is 5.56 Å². The largest absolute Gasteiger partial charge is 0.349 e. The molecule has 0 fully saturated rings. The smallest absolute Gasteiger partial charge is 0.0842 e. The Kier molecular flexibility index (Phi) is 2.61. The van der Waals surface area contributed by atoms with Crippen molar-refractivity contribution >= 4 is 34.5 Å². The number of anilines is 1. The van der Waals surface area contributed by atoms with E-state index in [1.54, 1.807) is 0 Å². The minimum atomic E-state index is 0.757. The van der Waals surface area contributed by atoms with E-state index in [1.165, 1.54) is 5.56 Å². The van der Waals surface area contributed by atoms with Gasteiger partial charge in [0.05, 0.1) is 10.0 Å². The predicted molar refractivity (Wildman–Crippen MR) is 76.8 cm³/mol. The zero-order chi connectivity index (χ0) is 11.8. The topological polar surface area (TPSA) is 12.0 Å². The molecule has 0 saturated heterocycles. The van der Waals surface area contributed by atoms with Gasteiger partial charge in [-0.15, -0.1) is 0 Å². The number of thiocarbonyl (C=S) groups is 1. The molecule has 0 saturated carbocycles. The first-order valence-corrected chi connectivity index (χ1v) is 6.20. The van der Waals surface area contributed by atoms with Crippen molar-refractivity contribution in [3.05, 3.63) is 53.1 Å². The molecule has 0 aliphatic carbocycles. The van der Waals surface area contributed by atoms with Crippen molar-refractivity contribution in [1.29, 1.82) is 0 Å². The number of fused-ring (bicyclic) bond motifs is 1. The molecular weight excluding hydrogens is 250 g/mol. The normalized spacial score (nSPS) is 13.4. The molecule has 3 rings (SSSR count). The van der Waals surface area contributed by atoms with Crippen LogP contribution in [0.5, 0.6) is 0 Å². The summed E-state index contributed by atoms with van der Waals surface area (Å²) in [7, 11) is 0. The van der Waals surface area contributed by atoms with E-state index in [2.05, 4.69) is 23.5 Å². The highest BCUT2D eigenvalue weighted by Crippen LogP contribution is 2.35. The molecule has 2 aromatic rings. The average Bonchev–Trinajstić information content (AvgIpc) is 2.68. The molecule has 84 valence electrons. The van der Waals surface area contributed by atoms with Gasteiger partial charge in [0.2, 0.25) is 0 Å². The SMILES string of the molecule is S=C1Cc2cc(-c3ccccc3)c(Cl)cc2N1. The van der Waals surface area contributed by atoms with E-state index in [9.17, 15) is 0 Å². The molecule has 1 heterocycles. The van der Waals surface area contributed by atoms with Gasteiger partial charge in [0.1, 0.15) is 0 Å². The summed E-state index contributed by atoms with van der Waals surface area (Å²) in [6.07, 6.45) is 0.807. The van der Waals surface area contributed by atoms with Gasteiger partial charge in [0, 0.05) is 17.7 Å². The maximum atomic E-state index is 6.31. The highest BCUT2D eigenvalue weighted by Gasteiger charge is 2.17. The van der Waals surface area contributed by atoms with Gasteiger partial charge < -0.3 is 5.32 Å². The van der Waals surface area contributed by atoms with Crippen LogP contribution < -0.4 is 5.32 Å². The van der Waals surface area contributed by atoms with Gasteiger partial charge in [-0.2, -0.15) is 0 Å². The molecule has 1 N–H and O–H groups in total. The zero-order valence-electron chi connectivity index (χ0n) is 9.03. The lowest BCUT2D eigenvalue weighted by Gasteiger charge is -2.07. The minimum Gasteiger partial charge on any atom is -0.349 e. The summed E-state index contributed by atoms with van der Waals surface area (Å²) in [4.78, 5) is 0.862. The summed E-state index contributed by atoms with van der Waals surface area (Å²) >= 11 is 11.5. The minimum absolute atomic E-state index is 0.757. The van der Waals surface area contributed by atoms with Gasteiger partial charge in [-0.05, 0) is 23.3 Å². The molecule has 0 unspecified atom stereocenters. The van der Waals surface area contributed by atoms with Crippen molar-refractivity contribution in [3.63, 3.8) is 0 Å². The second-order valence-electron chi connectivity index (χ2n) is 4.08. The molecule has 0 bridgehead atoms. The molecule has 0 amide bonds. The van der Waals surface area contributed by atoms with E-state index < -0.39 is 0 Å². The van der Waals surface area contributed by atoms with Crippen LogP contribution in [-0.4, -0.2) is 4.99 Å². The van der Waals surface area contributed by atoms with E-state index in [0.717, 1.165) is 33.2 Å². The van der Waals surface area contributed by atoms with Crippen molar-refractivity contribution in [2.45, 2.75) is 6.42 Å². The van der Waals surface area contributed by atoms with E-state index in [1.807, 2.05) is 24.3 Å². The Bertz CT molecular complexity index is 593. The van der Waals surface area contributed by atoms with Crippen LogP contribution in [-0.2, 0) is 6.42 Å². The zero-order valence-corrected chi connectivity index (χ0v) is 10.6. The summed E-state index contributed by atoms with van der Waals surface area (Å²) < 4.78 is 0. The third kappa shape index (κ3) is 1.94. The third-order valence-electron chi connectivity index (χ3n) is 2.90. The number of benzene rings is 2. The van der Waals surface area contributed by atoms with Crippen molar-refractivity contribution in [1.82, 2.24) is 0 Å². The quantitative estimate of drug-likeness (QED) is 0.767. The molecule has 0 aromatic heterocycles. The highest BCUT2D eigenvalue weighted by atomic mass is 35.5. The van der Waals surface area contributed by atoms with Crippen molar-refractivity contribution in [2.24, 2.45) is 0 Å². The van der Waals surface area contributed by atoms with Gasteiger partial charge >= 0.3 is 0 Å². The first-order valence-electron chi connectivity index (χ1n) is 5.42. The predicted octanol–water partition coefficient (Wildman–Crippen LogP) is 4.30. The van der Waals surface area contributed by atoms with E-state index in [4.69, 9.17) is 23.8 Å². The Morgan fingerprint density at radius 1 is 1.12 bits per heavy atom. The van der Waals surface area contributed by atoms with E-state index in [0.29, 0.717) is 0 Å². The average molecular weight is 260 g/mol. The number of halogens is 1. The Hall–Kier alpha value is -1.38. The fraction of sp³-hybridized carbons (Fsp3) is 0.0714.